The Balaban J connectivity index is 1.90. The summed E-state index contributed by atoms with van der Waals surface area (Å²) in [6.07, 6.45) is 1.03. The highest BCUT2D eigenvalue weighted by Gasteiger charge is 2.16. The number of anilines is 1. The van der Waals surface area contributed by atoms with Crippen LogP contribution in [0.4, 0.5) is 5.69 Å². The maximum Gasteiger partial charge on any atom is 0.177 e. The molecule has 134 valence electrons. The smallest absolute Gasteiger partial charge is 0.177 e. The van der Waals surface area contributed by atoms with Gasteiger partial charge in [0, 0.05) is 27.4 Å². The van der Waals surface area contributed by atoms with Gasteiger partial charge in [-0.05, 0) is 63.5 Å². The summed E-state index contributed by atoms with van der Waals surface area (Å²) in [6, 6.07) is 11.3. The van der Waals surface area contributed by atoms with E-state index in [0.29, 0.717) is 10.0 Å². The van der Waals surface area contributed by atoms with Crippen LogP contribution < -0.4 is 5.32 Å². The molecule has 0 aliphatic carbocycles. The molecule has 1 N–H and O–H groups in total. The normalized spacial score (nSPS) is 11.9. The van der Waals surface area contributed by atoms with E-state index < -0.39 is 0 Å². The van der Waals surface area contributed by atoms with E-state index in [4.69, 9.17) is 32.6 Å². The second kappa shape index (κ2) is 6.95. The van der Waals surface area contributed by atoms with Gasteiger partial charge in [0.15, 0.2) is 5.58 Å². The molecule has 0 unspecified atom stereocenters. The highest BCUT2D eigenvalue weighted by atomic mass is 35.5. The van der Waals surface area contributed by atoms with Gasteiger partial charge in [-0.25, -0.2) is 4.98 Å². The minimum absolute atomic E-state index is 0.661. The molecule has 4 aromatic rings. The number of nitrogens with one attached hydrogen (secondary N) is 1. The molecule has 0 atom stereocenters. The highest BCUT2D eigenvalue weighted by Crippen LogP contribution is 2.38. The van der Waals surface area contributed by atoms with E-state index in [2.05, 4.69) is 24.3 Å². The zero-order valence-electron chi connectivity index (χ0n) is 14.6. The fourth-order valence-corrected chi connectivity index (χ4v) is 3.51. The summed E-state index contributed by atoms with van der Waals surface area (Å²) < 4.78 is 6.13. The Kier molecular flexibility index (Phi) is 4.65. The summed E-state index contributed by atoms with van der Waals surface area (Å²) in [7, 11) is 4.15. The first-order chi connectivity index (χ1) is 12.5. The lowest BCUT2D eigenvalue weighted by Gasteiger charge is -2.12. The second-order valence-electron chi connectivity index (χ2n) is 6.65. The average Bonchev–Trinajstić information content (AvgIpc) is 2.95. The third-order valence-corrected chi connectivity index (χ3v) is 4.87. The van der Waals surface area contributed by atoms with Crippen molar-refractivity contribution >= 4 is 61.9 Å². The number of halogens is 2. The largest absolute Gasteiger partial charge is 0.452 e. The second-order valence-corrected chi connectivity index (χ2v) is 7.53. The van der Waals surface area contributed by atoms with Gasteiger partial charge in [-0.3, -0.25) is 0 Å². The zero-order chi connectivity index (χ0) is 18.3. The quantitative estimate of drug-likeness (QED) is 0.439. The fraction of sp³-hybridized carbons (Fsp3) is 0.250. The monoisotopic (exact) mass is 387 g/mol. The van der Waals surface area contributed by atoms with Crippen molar-refractivity contribution < 1.29 is 4.42 Å². The lowest BCUT2D eigenvalue weighted by Crippen LogP contribution is -2.16. The summed E-state index contributed by atoms with van der Waals surface area (Å²) >= 11 is 12.4. The van der Waals surface area contributed by atoms with E-state index in [1.54, 1.807) is 0 Å². The van der Waals surface area contributed by atoms with Gasteiger partial charge in [-0.15, -0.1) is 0 Å². The first-order valence-corrected chi connectivity index (χ1v) is 9.28. The third kappa shape index (κ3) is 3.20. The van der Waals surface area contributed by atoms with E-state index >= 15 is 0 Å². The Morgan fingerprint density at radius 3 is 2.62 bits per heavy atom. The van der Waals surface area contributed by atoms with Crippen LogP contribution in [0.1, 0.15) is 6.42 Å². The SMILES string of the molecule is CN(C)CCCNc1c2ccc(Cl)cc2nc2c1oc1ccc(Cl)cc12. The summed E-state index contributed by atoms with van der Waals surface area (Å²) in [5.41, 5.74) is 4.11. The summed E-state index contributed by atoms with van der Waals surface area (Å²) in [6.45, 7) is 1.85. The van der Waals surface area contributed by atoms with Crippen molar-refractivity contribution in [3.8, 4) is 0 Å². The standard InChI is InChI=1S/C20H19Cl2N3O/c1-25(2)9-3-8-23-18-14-6-4-13(22)11-16(14)24-19-15-10-12(21)5-7-17(15)26-20(18)19/h4-7,10-11H,3,8-9H2,1-2H3,(H,23,24). The van der Waals surface area contributed by atoms with Crippen molar-refractivity contribution in [1.82, 2.24) is 9.88 Å². The number of pyridine rings is 1. The molecule has 26 heavy (non-hydrogen) atoms. The molecule has 0 aliphatic heterocycles. The molecular weight excluding hydrogens is 369 g/mol. The van der Waals surface area contributed by atoms with Crippen LogP contribution in [0.25, 0.3) is 33.0 Å². The maximum absolute atomic E-state index is 6.19. The molecule has 0 saturated heterocycles. The summed E-state index contributed by atoms with van der Waals surface area (Å²) in [5, 5.41) is 6.77. The number of aromatic nitrogens is 1. The Bertz CT molecular complexity index is 1100. The minimum atomic E-state index is 0.661. The Hall–Kier alpha value is -2.01. The number of hydrogen-bond donors (Lipinski definition) is 1. The van der Waals surface area contributed by atoms with Crippen LogP contribution in [-0.2, 0) is 0 Å². The van der Waals surface area contributed by atoms with Crippen molar-refractivity contribution in [2.75, 3.05) is 32.5 Å². The maximum atomic E-state index is 6.19. The number of benzene rings is 2. The highest BCUT2D eigenvalue weighted by molar-refractivity contribution is 6.32. The molecule has 0 saturated carbocycles. The topological polar surface area (TPSA) is 41.3 Å². The average molecular weight is 388 g/mol. The van der Waals surface area contributed by atoms with Gasteiger partial charge >= 0.3 is 0 Å². The summed E-state index contributed by atoms with van der Waals surface area (Å²) in [4.78, 5) is 6.97. The van der Waals surface area contributed by atoms with E-state index in [9.17, 15) is 0 Å². The minimum Gasteiger partial charge on any atom is -0.452 e. The van der Waals surface area contributed by atoms with Crippen molar-refractivity contribution in [1.29, 1.82) is 0 Å². The summed E-state index contributed by atoms with van der Waals surface area (Å²) in [5.74, 6) is 0. The molecule has 0 amide bonds. The lowest BCUT2D eigenvalue weighted by molar-refractivity contribution is 0.405. The van der Waals surface area contributed by atoms with E-state index in [1.165, 1.54) is 0 Å². The van der Waals surface area contributed by atoms with Crippen LogP contribution in [0.3, 0.4) is 0 Å². The molecule has 0 fully saturated rings. The van der Waals surface area contributed by atoms with E-state index in [1.807, 2.05) is 36.4 Å². The Morgan fingerprint density at radius 2 is 1.81 bits per heavy atom. The van der Waals surface area contributed by atoms with Crippen LogP contribution in [0.5, 0.6) is 0 Å². The Labute approximate surface area is 161 Å². The van der Waals surface area contributed by atoms with Crippen LogP contribution in [0.2, 0.25) is 10.0 Å². The van der Waals surface area contributed by atoms with Crippen molar-refractivity contribution in [3.63, 3.8) is 0 Å². The van der Waals surface area contributed by atoms with Crippen molar-refractivity contribution in [2.24, 2.45) is 0 Å². The lowest BCUT2D eigenvalue weighted by atomic mass is 10.1. The van der Waals surface area contributed by atoms with Gasteiger partial charge in [0.1, 0.15) is 11.1 Å². The van der Waals surface area contributed by atoms with Crippen LogP contribution in [0.15, 0.2) is 40.8 Å². The van der Waals surface area contributed by atoms with Gasteiger partial charge in [0.2, 0.25) is 0 Å². The number of fused-ring (bicyclic) bond motifs is 4. The molecule has 0 radical (unpaired) electrons. The third-order valence-electron chi connectivity index (χ3n) is 4.40. The van der Waals surface area contributed by atoms with E-state index in [-0.39, 0.29) is 0 Å². The van der Waals surface area contributed by atoms with Crippen molar-refractivity contribution in [2.45, 2.75) is 6.42 Å². The number of furan rings is 1. The molecule has 0 aliphatic rings. The zero-order valence-corrected chi connectivity index (χ0v) is 16.2. The molecule has 6 heteroatoms. The first-order valence-electron chi connectivity index (χ1n) is 8.52. The van der Waals surface area contributed by atoms with Gasteiger partial charge in [0.25, 0.3) is 0 Å². The number of rotatable bonds is 5. The van der Waals surface area contributed by atoms with Gasteiger partial charge in [-0.2, -0.15) is 0 Å². The molecular formula is C20H19Cl2N3O. The molecule has 2 heterocycles. The van der Waals surface area contributed by atoms with Crippen LogP contribution >= 0.6 is 23.2 Å². The van der Waals surface area contributed by atoms with Crippen molar-refractivity contribution in [3.05, 3.63) is 46.4 Å². The predicted molar refractivity (Wildman–Crippen MR) is 111 cm³/mol. The molecule has 4 nitrogen and oxygen atoms in total. The van der Waals surface area contributed by atoms with Gasteiger partial charge in [0.05, 0.1) is 11.2 Å². The fourth-order valence-electron chi connectivity index (χ4n) is 3.17. The molecule has 0 bridgehead atoms. The van der Waals surface area contributed by atoms with E-state index in [0.717, 1.165) is 58.2 Å². The molecule has 2 aromatic carbocycles. The molecule has 2 aromatic heterocycles. The van der Waals surface area contributed by atoms with Crippen LogP contribution in [0, 0.1) is 0 Å². The predicted octanol–water partition coefficient (Wildman–Crippen LogP) is 5.80. The van der Waals surface area contributed by atoms with Gasteiger partial charge in [-0.1, -0.05) is 23.2 Å². The number of nitrogens with zero attached hydrogens (tertiary/aromatic N) is 2. The number of hydrogen-bond acceptors (Lipinski definition) is 4. The molecule has 0 spiro atoms. The van der Waals surface area contributed by atoms with Gasteiger partial charge < -0.3 is 14.6 Å². The first kappa shape index (κ1) is 17.4. The Morgan fingerprint density at radius 1 is 1.04 bits per heavy atom. The van der Waals surface area contributed by atoms with Crippen LogP contribution in [-0.4, -0.2) is 37.1 Å². The molecule has 4 rings (SSSR count).